The van der Waals surface area contributed by atoms with Crippen LogP contribution >= 0.6 is 0 Å². The highest BCUT2D eigenvalue weighted by Gasteiger charge is 2.33. The number of aliphatic carboxylic acids is 1. The summed E-state index contributed by atoms with van der Waals surface area (Å²) in [7, 11) is 1.48. The zero-order chi connectivity index (χ0) is 24.8. The van der Waals surface area contributed by atoms with Crippen molar-refractivity contribution in [3.8, 4) is 0 Å². The third-order valence-electron chi connectivity index (χ3n) is 6.58. The summed E-state index contributed by atoms with van der Waals surface area (Å²) in [5, 5.41) is 20.0. The highest BCUT2D eigenvalue weighted by atomic mass is 16.7. The van der Waals surface area contributed by atoms with Gasteiger partial charge in [0, 0.05) is 36.6 Å². The van der Waals surface area contributed by atoms with Gasteiger partial charge in [0.05, 0.1) is 25.9 Å². The molecule has 0 spiro atoms. The molecule has 1 aromatic heterocycles. The Morgan fingerprint density at radius 3 is 2.89 bits per heavy atom. The van der Waals surface area contributed by atoms with Crippen LogP contribution in [-0.2, 0) is 36.9 Å². The fraction of sp³-hybridized carbons (Fsp3) is 0.520. The van der Waals surface area contributed by atoms with Crippen molar-refractivity contribution in [1.29, 1.82) is 0 Å². The van der Waals surface area contributed by atoms with Gasteiger partial charge in [0.2, 0.25) is 17.7 Å². The molecule has 2 amide bonds. The van der Waals surface area contributed by atoms with E-state index in [-0.39, 0.29) is 18.7 Å². The molecule has 2 bridgehead atoms. The Hall–Kier alpha value is -3.56. The molecule has 2 aliphatic rings. The quantitative estimate of drug-likeness (QED) is 0.576. The van der Waals surface area contributed by atoms with E-state index in [2.05, 4.69) is 32.6 Å². The summed E-state index contributed by atoms with van der Waals surface area (Å²) in [6, 6.07) is 7.21. The van der Waals surface area contributed by atoms with Crippen LogP contribution in [0.1, 0.15) is 44.1 Å². The number of carboxylic acid groups (broad SMARTS) is 1. The van der Waals surface area contributed by atoms with Crippen LogP contribution in [0.2, 0.25) is 0 Å². The van der Waals surface area contributed by atoms with Gasteiger partial charge in [0.1, 0.15) is 12.1 Å². The van der Waals surface area contributed by atoms with Crippen molar-refractivity contribution in [1.82, 2.24) is 15.2 Å². The average molecular weight is 485 g/mol. The van der Waals surface area contributed by atoms with Crippen molar-refractivity contribution in [3.63, 3.8) is 0 Å². The Bertz CT molecular complexity index is 1110. The molecule has 1 unspecified atom stereocenters. The maximum atomic E-state index is 13.2. The van der Waals surface area contributed by atoms with Gasteiger partial charge >= 0.3 is 5.97 Å². The van der Waals surface area contributed by atoms with E-state index >= 15 is 0 Å². The first-order chi connectivity index (χ1) is 16.9. The maximum absolute atomic E-state index is 13.2. The minimum absolute atomic E-state index is 0.155. The summed E-state index contributed by atoms with van der Waals surface area (Å²) >= 11 is 0. The van der Waals surface area contributed by atoms with E-state index in [1.807, 2.05) is 18.2 Å². The van der Waals surface area contributed by atoms with Gasteiger partial charge in [-0.25, -0.2) is 0 Å². The number of para-hydroxylation sites is 1. The lowest BCUT2D eigenvalue weighted by atomic mass is 9.94. The lowest BCUT2D eigenvalue weighted by Gasteiger charge is -2.23. The van der Waals surface area contributed by atoms with Crippen LogP contribution in [0, 0.1) is 5.92 Å². The number of hydrogen-bond acceptors (Lipinski definition) is 6. The van der Waals surface area contributed by atoms with Gasteiger partial charge in [-0.1, -0.05) is 23.4 Å². The fourth-order valence-electron chi connectivity index (χ4n) is 4.77. The Morgan fingerprint density at radius 2 is 2.11 bits per heavy atom. The van der Waals surface area contributed by atoms with Crippen molar-refractivity contribution in [2.75, 3.05) is 13.7 Å². The van der Waals surface area contributed by atoms with E-state index in [0.717, 1.165) is 42.3 Å². The molecule has 10 nitrogen and oxygen atoms in total. The molecule has 2 aromatic rings. The third-order valence-corrected chi connectivity index (χ3v) is 6.58. The molecule has 4 rings (SSSR count). The van der Waals surface area contributed by atoms with Gasteiger partial charge in [0.15, 0.2) is 0 Å². The Morgan fingerprint density at radius 1 is 1.29 bits per heavy atom. The van der Waals surface area contributed by atoms with Crippen LogP contribution in [0.5, 0.6) is 0 Å². The SMILES string of the molecule is COC1=NOC(C[C@H](CC(=O)O)C(=O)N[C@H]2Cc3cn(c4ccccc34)CCCCCNC2=O)C1. The maximum Gasteiger partial charge on any atom is 0.304 e. The Kier molecular flexibility index (Phi) is 7.89. The van der Waals surface area contributed by atoms with E-state index in [9.17, 15) is 19.5 Å². The van der Waals surface area contributed by atoms with Crippen LogP contribution in [0.25, 0.3) is 10.9 Å². The van der Waals surface area contributed by atoms with Crippen molar-refractivity contribution in [2.24, 2.45) is 11.1 Å². The number of carboxylic acids is 1. The summed E-state index contributed by atoms with van der Waals surface area (Å²) in [5.74, 6) is -2.33. The predicted octanol–water partition coefficient (Wildman–Crippen LogP) is 2.20. The molecule has 0 radical (unpaired) electrons. The van der Waals surface area contributed by atoms with Gasteiger partial charge in [-0.05, 0) is 37.3 Å². The minimum atomic E-state index is -1.10. The van der Waals surface area contributed by atoms with Crippen LogP contribution in [0.15, 0.2) is 35.6 Å². The molecule has 0 aliphatic carbocycles. The first kappa shape index (κ1) is 24.6. The second kappa shape index (κ2) is 11.2. The third kappa shape index (κ3) is 6.12. The predicted molar refractivity (Wildman–Crippen MR) is 129 cm³/mol. The number of benzene rings is 1. The van der Waals surface area contributed by atoms with Crippen LogP contribution in [-0.4, -0.2) is 59.2 Å². The van der Waals surface area contributed by atoms with Gasteiger partial charge in [-0.3, -0.25) is 14.4 Å². The minimum Gasteiger partial charge on any atom is -0.482 e. The number of amides is 2. The smallest absolute Gasteiger partial charge is 0.304 e. The molecular weight excluding hydrogens is 452 g/mol. The summed E-state index contributed by atoms with van der Waals surface area (Å²) in [6.45, 7) is 1.42. The Labute approximate surface area is 203 Å². The van der Waals surface area contributed by atoms with Gasteiger partial charge in [-0.15, -0.1) is 0 Å². The highest BCUT2D eigenvalue weighted by molar-refractivity contribution is 5.91. The molecule has 0 saturated heterocycles. The van der Waals surface area contributed by atoms with Gasteiger partial charge < -0.3 is 29.9 Å². The number of methoxy groups -OCH3 is 1. The average Bonchev–Trinajstić information content (AvgIpc) is 3.44. The number of fused-ring (bicyclic) bond motifs is 5. The molecule has 188 valence electrons. The number of rotatable bonds is 6. The number of ether oxygens (including phenoxy) is 1. The van der Waals surface area contributed by atoms with E-state index in [0.29, 0.717) is 25.3 Å². The molecule has 0 saturated carbocycles. The summed E-state index contributed by atoms with van der Waals surface area (Å²) in [6.07, 6.45) is 4.90. The number of carbonyl (C=O) groups is 3. The lowest BCUT2D eigenvalue weighted by Crippen LogP contribution is -2.50. The second-order valence-corrected chi connectivity index (χ2v) is 9.13. The van der Waals surface area contributed by atoms with Gasteiger partial charge in [-0.2, -0.15) is 0 Å². The second-order valence-electron chi connectivity index (χ2n) is 9.13. The molecule has 10 heteroatoms. The van der Waals surface area contributed by atoms with E-state index in [1.165, 1.54) is 7.11 Å². The van der Waals surface area contributed by atoms with Crippen molar-refractivity contribution in [2.45, 2.75) is 63.6 Å². The molecular formula is C25H32N4O6. The summed E-state index contributed by atoms with van der Waals surface area (Å²) < 4.78 is 7.28. The number of aromatic nitrogens is 1. The molecule has 3 N–H and O–H groups in total. The zero-order valence-corrected chi connectivity index (χ0v) is 19.9. The fourth-order valence-corrected chi connectivity index (χ4v) is 4.77. The number of carbonyl (C=O) groups excluding carboxylic acids is 2. The highest BCUT2D eigenvalue weighted by Crippen LogP contribution is 2.25. The largest absolute Gasteiger partial charge is 0.482 e. The number of nitrogens with zero attached hydrogens (tertiary/aromatic N) is 2. The summed E-state index contributed by atoms with van der Waals surface area (Å²) in [4.78, 5) is 43.1. The number of oxime groups is 1. The monoisotopic (exact) mass is 484 g/mol. The van der Waals surface area contributed by atoms with E-state index < -0.39 is 29.9 Å². The summed E-state index contributed by atoms with van der Waals surface area (Å²) in [5.41, 5.74) is 2.07. The molecule has 1 aromatic carbocycles. The number of nitrogens with one attached hydrogen (secondary N) is 2. The molecule has 3 atom stereocenters. The topological polar surface area (TPSA) is 131 Å². The van der Waals surface area contributed by atoms with E-state index in [4.69, 9.17) is 9.57 Å². The number of hydrogen-bond donors (Lipinski definition) is 3. The van der Waals surface area contributed by atoms with Crippen LogP contribution in [0.4, 0.5) is 0 Å². The zero-order valence-electron chi connectivity index (χ0n) is 19.9. The van der Waals surface area contributed by atoms with E-state index in [1.54, 1.807) is 0 Å². The first-order valence-corrected chi connectivity index (χ1v) is 12.1. The van der Waals surface area contributed by atoms with Crippen molar-refractivity contribution in [3.05, 3.63) is 36.0 Å². The molecule has 2 aliphatic heterocycles. The van der Waals surface area contributed by atoms with Crippen molar-refractivity contribution >= 4 is 34.6 Å². The molecule has 3 heterocycles. The van der Waals surface area contributed by atoms with Crippen LogP contribution < -0.4 is 10.6 Å². The van der Waals surface area contributed by atoms with Crippen molar-refractivity contribution < 1.29 is 29.1 Å². The first-order valence-electron chi connectivity index (χ1n) is 12.1. The number of aryl methyl sites for hydroxylation is 1. The standard InChI is InChI=1S/C25H32N4O6/c1-34-22-14-18(35-28-22)11-16(13-23(30)31)24(32)27-20-12-17-15-29(21-8-4-3-7-19(17)21)10-6-2-5-9-26-25(20)33/h3-4,7-8,15-16,18,20H,2,5-6,9-14H2,1H3,(H,26,33)(H,27,32)(H,30,31)/t16-,18?,20+/m1/s1. The lowest BCUT2D eigenvalue weighted by molar-refractivity contribution is -0.142. The molecule has 0 fully saturated rings. The Balaban J connectivity index is 1.54. The van der Waals surface area contributed by atoms with Gasteiger partial charge in [0.25, 0.3) is 0 Å². The molecule has 35 heavy (non-hydrogen) atoms. The van der Waals surface area contributed by atoms with Crippen LogP contribution in [0.3, 0.4) is 0 Å². The normalized spacial score (nSPS) is 21.6.